The van der Waals surface area contributed by atoms with Crippen LogP contribution >= 0.6 is 0 Å². The molecule has 0 unspecified atom stereocenters. The van der Waals surface area contributed by atoms with E-state index in [1.165, 1.54) is 4.31 Å². The van der Waals surface area contributed by atoms with Crippen LogP contribution in [-0.2, 0) is 26.1 Å². The largest absolute Gasteiger partial charge is 0.481 e. The maximum atomic E-state index is 14.2. The lowest BCUT2D eigenvalue weighted by Gasteiger charge is -2.38. The van der Waals surface area contributed by atoms with E-state index in [2.05, 4.69) is 15.2 Å². The van der Waals surface area contributed by atoms with Gasteiger partial charge in [-0.05, 0) is 73.2 Å². The summed E-state index contributed by atoms with van der Waals surface area (Å²) in [5.74, 6) is -0.542. The van der Waals surface area contributed by atoms with Crippen molar-refractivity contribution in [3.05, 3.63) is 81.9 Å². The van der Waals surface area contributed by atoms with Crippen molar-refractivity contribution in [1.82, 2.24) is 23.9 Å². The SMILES string of the molecule is Cc1cnc2c(c1)S(=O)(=O)N(Cc1cc([C@H](CC(=O)O)c3ccn4c(C)nnc4c3C)ccc1C)CC1(CCOCC1)O2. The monoisotopic (exact) mass is 605 g/mol. The molecule has 12 heteroatoms. The second-order valence-corrected chi connectivity index (χ2v) is 13.6. The Kier molecular flexibility index (Phi) is 7.47. The maximum Gasteiger partial charge on any atom is 0.304 e. The predicted octanol–water partition coefficient (Wildman–Crippen LogP) is 4.10. The van der Waals surface area contributed by atoms with Crippen LogP contribution in [0.3, 0.4) is 0 Å². The number of benzene rings is 1. The minimum absolute atomic E-state index is 0.0564. The number of ether oxygens (including phenoxy) is 2. The fourth-order valence-electron chi connectivity index (χ4n) is 6.16. The molecule has 4 aromatic rings. The summed E-state index contributed by atoms with van der Waals surface area (Å²) in [5.41, 5.74) is 4.81. The number of aromatic nitrogens is 4. The summed E-state index contributed by atoms with van der Waals surface area (Å²) in [7, 11) is -3.97. The predicted molar refractivity (Wildman–Crippen MR) is 158 cm³/mol. The molecule has 1 spiro atoms. The van der Waals surface area contributed by atoms with Gasteiger partial charge >= 0.3 is 5.97 Å². The molecule has 0 radical (unpaired) electrons. The van der Waals surface area contributed by atoms with E-state index in [1.54, 1.807) is 19.2 Å². The van der Waals surface area contributed by atoms with Crippen LogP contribution in [0.4, 0.5) is 0 Å². The van der Waals surface area contributed by atoms with Crippen LogP contribution in [0.5, 0.6) is 5.88 Å². The molecule has 1 atom stereocenters. The van der Waals surface area contributed by atoms with E-state index in [0.717, 1.165) is 39.2 Å². The quantitative estimate of drug-likeness (QED) is 0.345. The second kappa shape index (κ2) is 11.0. The van der Waals surface area contributed by atoms with Crippen molar-refractivity contribution < 1.29 is 27.8 Å². The zero-order valence-electron chi connectivity index (χ0n) is 24.7. The molecule has 0 saturated carbocycles. The third kappa shape index (κ3) is 5.39. The molecule has 3 aromatic heterocycles. The van der Waals surface area contributed by atoms with Gasteiger partial charge in [-0.25, -0.2) is 13.4 Å². The zero-order chi connectivity index (χ0) is 30.5. The van der Waals surface area contributed by atoms with Crippen LogP contribution in [0.25, 0.3) is 5.65 Å². The molecular formula is C31H35N5O6S. The van der Waals surface area contributed by atoms with Crippen LogP contribution in [-0.4, -0.2) is 68.7 Å². The molecule has 2 aliphatic rings. The first-order valence-corrected chi connectivity index (χ1v) is 15.8. The summed E-state index contributed by atoms with van der Waals surface area (Å²) < 4.78 is 43.7. The fourth-order valence-corrected chi connectivity index (χ4v) is 7.80. The van der Waals surface area contributed by atoms with E-state index in [0.29, 0.717) is 31.7 Å². The molecule has 226 valence electrons. The van der Waals surface area contributed by atoms with Gasteiger partial charge in [-0.1, -0.05) is 18.2 Å². The number of nitrogens with zero attached hydrogens (tertiary/aromatic N) is 5. The summed E-state index contributed by atoms with van der Waals surface area (Å²) in [4.78, 5) is 16.5. The standard InChI is InChI=1S/C31H35N5O6S/c1-19-13-27-30(32-16-19)42-31(8-11-41-12-9-31)18-35(43(27,39)40)17-24-14-23(6-5-20(24)2)26(15-28(37)38)25-7-10-36-22(4)33-34-29(36)21(25)3/h5-7,10,13-14,16,26H,8-9,11-12,15,17-18H2,1-4H3,(H,37,38)/t26-/m0/s1. The Balaban J connectivity index is 1.42. The minimum Gasteiger partial charge on any atom is -0.481 e. The smallest absolute Gasteiger partial charge is 0.304 e. The van der Waals surface area contributed by atoms with Gasteiger partial charge in [0.1, 0.15) is 16.3 Å². The van der Waals surface area contributed by atoms with E-state index in [9.17, 15) is 18.3 Å². The molecule has 0 aliphatic carbocycles. The third-order valence-corrected chi connectivity index (χ3v) is 10.5. The van der Waals surface area contributed by atoms with E-state index >= 15 is 0 Å². The summed E-state index contributed by atoms with van der Waals surface area (Å²) in [6, 6.07) is 9.33. The van der Waals surface area contributed by atoms with Crippen molar-refractivity contribution in [2.24, 2.45) is 0 Å². The first-order chi connectivity index (χ1) is 20.5. The average molecular weight is 606 g/mol. The topological polar surface area (TPSA) is 136 Å². The molecule has 1 saturated heterocycles. The number of carboxylic acids is 1. The number of fused-ring (bicyclic) bond motifs is 2. The number of rotatable bonds is 6. The third-order valence-electron chi connectivity index (χ3n) is 8.67. The molecule has 0 bridgehead atoms. The lowest BCUT2D eigenvalue weighted by molar-refractivity contribution is -0.137. The summed E-state index contributed by atoms with van der Waals surface area (Å²) in [6.45, 7) is 8.72. The molecule has 6 rings (SSSR count). The van der Waals surface area contributed by atoms with Crippen LogP contribution < -0.4 is 4.74 Å². The number of carboxylic acid groups (broad SMARTS) is 1. The van der Waals surface area contributed by atoms with Crippen molar-refractivity contribution >= 4 is 21.6 Å². The highest BCUT2D eigenvalue weighted by Gasteiger charge is 2.45. The number of carbonyl (C=O) groups is 1. The van der Waals surface area contributed by atoms with Gasteiger partial charge in [-0.15, -0.1) is 10.2 Å². The van der Waals surface area contributed by atoms with Crippen LogP contribution in [0.1, 0.15) is 64.4 Å². The number of sulfonamides is 1. The molecule has 43 heavy (non-hydrogen) atoms. The van der Waals surface area contributed by atoms with Crippen LogP contribution in [0, 0.1) is 27.7 Å². The van der Waals surface area contributed by atoms with Gasteiger partial charge in [-0.3, -0.25) is 9.20 Å². The Hall–Kier alpha value is -3.87. The van der Waals surface area contributed by atoms with Gasteiger partial charge in [0.25, 0.3) is 0 Å². The van der Waals surface area contributed by atoms with Crippen molar-refractivity contribution in [3.8, 4) is 5.88 Å². The summed E-state index contributed by atoms with van der Waals surface area (Å²) >= 11 is 0. The normalized spacial score (nSPS) is 18.6. The molecule has 0 amide bonds. The van der Waals surface area contributed by atoms with Crippen LogP contribution in [0.15, 0.2) is 47.6 Å². The Morgan fingerprint density at radius 1 is 1.09 bits per heavy atom. The summed E-state index contributed by atoms with van der Waals surface area (Å²) in [5, 5.41) is 18.4. The average Bonchev–Trinajstić information content (AvgIpc) is 3.32. The molecular weight excluding hydrogens is 570 g/mol. The highest BCUT2D eigenvalue weighted by atomic mass is 32.2. The summed E-state index contributed by atoms with van der Waals surface area (Å²) in [6.07, 6.45) is 4.42. The number of pyridine rings is 2. The van der Waals surface area contributed by atoms with E-state index < -0.39 is 27.5 Å². The van der Waals surface area contributed by atoms with Gasteiger partial charge in [0.2, 0.25) is 15.9 Å². The highest BCUT2D eigenvalue weighted by molar-refractivity contribution is 7.89. The Bertz CT molecular complexity index is 1830. The first kappa shape index (κ1) is 29.2. The van der Waals surface area contributed by atoms with Crippen molar-refractivity contribution in [2.75, 3.05) is 19.8 Å². The maximum absolute atomic E-state index is 14.2. The molecule has 5 heterocycles. The molecule has 1 N–H and O–H groups in total. The number of aryl methyl sites for hydroxylation is 4. The van der Waals surface area contributed by atoms with Gasteiger partial charge < -0.3 is 14.6 Å². The molecule has 1 aromatic carbocycles. The fraction of sp³-hybridized carbons (Fsp3) is 0.419. The molecule has 11 nitrogen and oxygen atoms in total. The van der Waals surface area contributed by atoms with E-state index in [4.69, 9.17) is 9.47 Å². The van der Waals surface area contributed by atoms with Crippen LogP contribution in [0.2, 0.25) is 0 Å². The minimum atomic E-state index is -3.97. The molecule has 2 aliphatic heterocycles. The van der Waals surface area contributed by atoms with Gasteiger partial charge in [0, 0.05) is 37.7 Å². The first-order valence-electron chi connectivity index (χ1n) is 14.3. The zero-order valence-corrected chi connectivity index (χ0v) is 25.5. The Morgan fingerprint density at radius 3 is 2.60 bits per heavy atom. The van der Waals surface area contributed by atoms with Crippen molar-refractivity contribution in [1.29, 1.82) is 0 Å². The number of hydrogen-bond acceptors (Lipinski definition) is 8. The Labute approximate surface area is 250 Å². The molecule has 1 fully saturated rings. The highest BCUT2D eigenvalue weighted by Crippen LogP contribution is 2.39. The Morgan fingerprint density at radius 2 is 1.86 bits per heavy atom. The lowest BCUT2D eigenvalue weighted by atomic mass is 9.85. The van der Waals surface area contributed by atoms with Gasteiger partial charge in [0.05, 0.1) is 26.2 Å². The second-order valence-electron chi connectivity index (χ2n) is 11.7. The van der Waals surface area contributed by atoms with Crippen molar-refractivity contribution in [3.63, 3.8) is 0 Å². The van der Waals surface area contributed by atoms with Gasteiger partial charge in [0.15, 0.2) is 5.65 Å². The van der Waals surface area contributed by atoms with Crippen molar-refractivity contribution in [2.45, 2.75) is 69.9 Å². The number of aliphatic carboxylic acids is 1. The van der Waals surface area contributed by atoms with E-state index in [1.807, 2.05) is 55.6 Å². The van der Waals surface area contributed by atoms with E-state index in [-0.39, 0.29) is 30.3 Å². The number of hydrogen-bond donors (Lipinski definition) is 1. The lowest BCUT2D eigenvalue weighted by Crippen LogP contribution is -2.50. The van der Waals surface area contributed by atoms with Gasteiger partial charge in [-0.2, -0.15) is 4.31 Å².